The topological polar surface area (TPSA) is 93.7 Å². The van der Waals surface area contributed by atoms with Crippen LogP contribution in [0.4, 0.5) is 0 Å². The molecule has 136 valence electrons. The molecule has 7 nitrogen and oxygen atoms in total. The number of fused-ring (bicyclic) bond motifs is 1. The Bertz CT molecular complexity index is 851. The minimum absolute atomic E-state index is 0.212. The maximum Gasteiger partial charge on any atom is 0.330 e. The molecule has 2 aromatic carbocycles. The number of carbonyl (C=O) groups excluding carboxylic acids is 3. The highest BCUT2D eigenvalue weighted by Gasteiger charge is 2.09. The van der Waals surface area contributed by atoms with Crippen LogP contribution in [0.15, 0.2) is 53.0 Å². The number of hydrazine groups is 1. The second-order valence-corrected chi connectivity index (χ2v) is 5.80. The summed E-state index contributed by atoms with van der Waals surface area (Å²) in [5.74, 6) is -1.35. The van der Waals surface area contributed by atoms with Crippen LogP contribution < -0.4 is 15.6 Å². The molecule has 8 heteroatoms. The second-order valence-electron chi connectivity index (χ2n) is 5.01. The fraction of sp³-hybridized carbons (Fsp3) is 0.167. The highest BCUT2D eigenvalue weighted by atomic mass is 79.9. The number of hydrogen-bond acceptors (Lipinski definition) is 5. The van der Waals surface area contributed by atoms with Crippen LogP contribution in [0.2, 0.25) is 0 Å². The molecular formula is C18H17BrN2O5. The van der Waals surface area contributed by atoms with Gasteiger partial charge in [0.2, 0.25) is 0 Å². The van der Waals surface area contributed by atoms with Gasteiger partial charge < -0.3 is 9.47 Å². The molecule has 0 aromatic heterocycles. The quantitative estimate of drug-likeness (QED) is 0.424. The van der Waals surface area contributed by atoms with Crippen LogP contribution in [0.3, 0.4) is 0 Å². The van der Waals surface area contributed by atoms with E-state index in [1.807, 2.05) is 30.3 Å². The smallest absolute Gasteiger partial charge is 0.330 e. The molecule has 0 aliphatic heterocycles. The van der Waals surface area contributed by atoms with E-state index in [1.54, 1.807) is 13.0 Å². The monoisotopic (exact) mass is 420 g/mol. The van der Waals surface area contributed by atoms with Gasteiger partial charge in [0, 0.05) is 12.2 Å². The number of benzene rings is 2. The number of hydrogen-bond donors (Lipinski definition) is 2. The summed E-state index contributed by atoms with van der Waals surface area (Å²) in [4.78, 5) is 34.3. The minimum Gasteiger partial charge on any atom is -0.483 e. The summed E-state index contributed by atoms with van der Waals surface area (Å²) in [6, 6.07) is 11.4. The Morgan fingerprint density at radius 3 is 2.62 bits per heavy atom. The molecule has 0 aliphatic rings. The SMILES string of the molecule is CCOC(=O)/C=C\C(=O)NNC(=O)COc1ccc2ccccc2c1Br. The van der Waals surface area contributed by atoms with Gasteiger partial charge in [-0.2, -0.15) is 0 Å². The molecule has 2 N–H and O–H groups in total. The molecule has 0 atom stereocenters. The Morgan fingerprint density at radius 1 is 1.08 bits per heavy atom. The number of esters is 1. The molecule has 0 spiro atoms. The van der Waals surface area contributed by atoms with Crippen LogP contribution in [0.5, 0.6) is 5.75 Å². The van der Waals surface area contributed by atoms with Crippen LogP contribution >= 0.6 is 15.9 Å². The molecule has 2 amide bonds. The molecule has 0 heterocycles. The fourth-order valence-electron chi connectivity index (χ4n) is 2.01. The average molecular weight is 421 g/mol. The molecule has 0 saturated heterocycles. The van der Waals surface area contributed by atoms with E-state index in [9.17, 15) is 14.4 Å². The standard InChI is InChI=1S/C18H17BrN2O5/c1-2-25-17(24)10-9-15(22)20-21-16(23)11-26-14-8-7-12-5-3-4-6-13(12)18(14)19/h3-10H,2,11H2,1H3,(H,20,22)(H,21,23)/b10-9-. The van der Waals surface area contributed by atoms with Crippen LogP contribution in [0.25, 0.3) is 10.8 Å². The van der Waals surface area contributed by atoms with Crippen molar-refractivity contribution < 1.29 is 23.9 Å². The highest BCUT2D eigenvalue weighted by Crippen LogP contribution is 2.32. The minimum atomic E-state index is -0.668. The van der Waals surface area contributed by atoms with Crippen molar-refractivity contribution in [1.82, 2.24) is 10.9 Å². The maximum atomic E-state index is 11.8. The number of carbonyl (C=O) groups is 3. The van der Waals surface area contributed by atoms with Crippen molar-refractivity contribution in [3.8, 4) is 5.75 Å². The van der Waals surface area contributed by atoms with Crippen molar-refractivity contribution in [2.24, 2.45) is 0 Å². The summed E-state index contributed by atoms with van der Waals surface area (Å²) in [5.41, 5.74) is 4.32. The van der Waals surface area contributed by atoms with Crippen molar-refractivity contribution in [2.45, 2.75) is 6.92 Å². The van der Waals surface area contributed by atoms with E-state index >= 15 is 0 Å². The Hall–Kier alpha value is -2.87. The van der Waals surface area contributed by atoms with Gasteiger partial charge >= 0.3 is 5.97 Å². The molecule has 0 unspecified atom stereocenters. The van der Waals surface area contributed by atoms with E-state index in [-0.39, 0.29) is 13.2 Å². The van der Waals surface area contributed by atoms with Gasteiger partial charge in [0.25, 0.3) is 11.8 Å². The zero-order chi connectivity index (χ0) is 18.9. The Labute approximate surface area is 158 Å². The third-order valence-electron chi connectivity index (χ3n) is 3.17. The molecule has 0 saturated carbocycles. The van der Waals surface area contributed by atoms with Gasteiger partial charge in [0.15, 0.2) is 6.61 Å². The van der Waals surface area contributed by atoms with Gasteiger partial charge in [-0.3, -0.25) is 20.4 Å². The zero-order valence-electron chi connectivity index (χ0n) is 14.0. The summed E-state index contributed by atoms with van der Waals surface area (Å²) in [6.07, 6.45) is 1.92. The third-order valence-corrected chi connectivity index (χ3v) is 3.99. The van der Waals surface area contributed by atoms with Crippen LogP contribution in [0.1, 0.15) is 6.92 Å². The maximum absolute atomic E-state index is 11.8. The summed E-state index contributed by atoms with van der Waals surface area (Å²) in [6.45, 7) is 1.57. The molecule has 0 aliphatic carbocycles. The number of halogens is 1. The second kappa shape index (κ2) is 9.57. The molecule has 0 fully saturated rings. The largest absolute Gasteiger partial charge is 0.483 e. The lowest BCUT2D eigenvalue weighted by Crippen LogP contribution is -2.43. The first kappa shape index (κ1) is 19.5. The average Bonchev–Trinajstić information content (AvgIpc) is 2.64. The molecule has 2 rings (SSSR count). The summed E-state index contributed by atoms with van der Waals surface area (Å²) >= 11 is 3.46. The lowest BCUT2D eigenvalue weighted by atomic mass is 10.1. The van der Waals surface area contributed by atoms with Gasteiger partial charge in [-0.1, -0.05) is 30.3 Å². The highest BCUT2D eigenvalue weighted by molar-refractivity contribution is 9.10. The Balaban J connectivity index is 1.83. The molecule has 2 aromatic rings. The van der Waals surface area contributed by atoms with Gasteiger partial charge in [0.05, 0.1) is 11.1 Å². The van der Waals surface area contributed by atoms with E-state index in [2.05, 4.69) is 31.5 Å². The van der Waals surface area contributed by atoms with Gasteiger partial charge in [-0.05, 0) is 39.7 Å². The lowest BCUT2D eigenvalue weighted by Gasteiger charge is -2.10. The van der Waals surface area contributed by atoms with Crippen molar-refractivity contribution >= 4 is 44.5 Å². The predicted molar refractivity (Wildman–Crippen MR) is 99.2 cm³/mol. The van der Waals surface area contributed by atoms with Crippen molar-refractivity contribution in [1.29, 1.82) is 0 Å². The van der Waals surface area contributed by atoms with Crippen molar-refractivity contribution in [3.05, 3.63) is 53.0 Å². The molecule has 26 heavy (non-hydrogen) atoms. The summed E-state index contributed by atoms with van der Waals surface area (Å²) < 4.78 is 10.8. The molecule has 0 bridgehead atoms. The summed E-state index contributed by atoms with van der Waals surface area (Å²) in [5, 5.41) is 2.00. The molecule has 0 radical (unpaired) electrons. The zero-order valence-corrected chi connectivity index (χ0v) is 15.5. The van der Waals surface area contributed by atoms with Crippen molar-refractivity contribution in [2.75, 3.05) is 13.2 Å². The van der Waals surface area contributed by atoms with E-state index < -0.39 is 17.8 Å². The van der Waals surface area contributed by atoms with Crippen molar-refractivity contribution in [3.63, 3.8) is 0 Å². The number of ether oxygens (including phenoxy) is 2. The van der Waals surface area contributed by atoms with E-state index in [0.29, 0.717) is 5.75 Å². The van der Waals surface area contributed by atoms with E-state index in [0.717, 1.165) is 27.4 Å². The lowest BCUT2D eigenvalue weighted by molar-refractivity contribution is -0.137. The van der Waals surface area contributed by atoms with Crippen LogP contribution in [-0.2, 0) is 19.1 Å². The molecular weight excluding hydrogens is 404 g/mol. The first-order valence-electron chi connectivity index (χ1n) is 7.75. The van der Waals surface area contributed by atoms with Crippen LogP contribution in [-0.4, -0.2) is 31.0 Å². The first-order valence-corrected chi connectivity index (χ1v) is 8.54. The first-order chi connectivity index (χ1) is 12.5. The van der Waals surface area contributed by atoms with E-state index in [4.69, 9.17) is 4.74 Å². The van der Waals surface area contributed by atoms with Gasteiger partial charge in [-0.15, -0.1) is 0 Å². The Kier molecular flexibility index (Phi) is 7.16. The Morgan fingerprint density at radius 2 is 1.85 bits per heavy atom. The third kappa shape index (κ3) is 5.59. The van der Waals surface area contributed by atoms with Crippen LogP contribution in [0, 0.1) is 0 Å². The van der Waals surface area contributed by atoms with Gasteiger partial charge in [-0.25, -0.2) is 4.79 Å². The van der Waals surface area contributed by atoms with Gasteiger partial charge in [0.1, 0.15) is 5.75 Å². The fourth-order valence-corrected chi connectivity index (χ4v) is 2.62. The summed E-state index contributed by atoms with van der Waals surface area (Å²) in [7, 11) is 0. The normalized spacial score (nSPS) is 10.5. The van der Waals surface area contributed by atoms with E-state index in [1.165, 1.54) is 0 Å². The number of nitrogens with one attached hydrogen (secondary N) is 2. The predicted octanol–water partition coefficient (Wildman–Crippen LogP) is 2.25. The number of rotatable bonds is 6. The number of amides is 2.